The van der Waals surface area contributed by atoms with Crippen molar-refractivity contribution >= 4 is 5.97 Å². The zero-order valence-electron chi connectivity index (χ0n) is 12.7. The molecule has 1 atom stereocenters. The molecule has 0 bridgehead atoms. The highest BCUT2D eigenvalue weighted by atomic mass is 16.5. The number of nitrogens with one attached hydrogen (secondary N) is 1. The maximum Gasteiger partial charge on any atom is 0.330 e. The lowest BCUT2D eigenvalue weighted by molar-refractivity contribution is -0.152. The molecular weight excluding hydrogens is 250 g/mol. The van der Waals surface area contributed by atoms with Crippen LogP contribution in [0.2, 0.25) is 0 Å². The number of carbonyl (C=O) groups excluding carboxylic acids is 1. The van der Waals surface area contributed by atoms with Gasteiger partial charge in [-0.3, -0.25) is 5.32 Å². The topological polar surface area (TPSA) is 38.3 Å². The molecule has 0 radical (unpaired) electrons. The summed E-state index contributed by atoms with van der Waals surface area (Å²) < 4.78 is 5.34. The average molecular weight is 275 g/mol. The smallest absolute Gasteiger partial charge is 0.330 e. The summed E-state index contributed by atoms with van der Waals surface area (Å²) in [7, 11) is 0. The Balaban J connectivity index is 2.33. The van der Waals surface area contributed by atoms with Gasteiger partial charge in [0.25, 0.3) is 0 Å². The lowest BCUT2D eigenvalue weighted by atomic mass is 9.86. The van der Waals surface area contributed by atoms with E-state index < -0.39 is 5.54 Å². The number of carbonyl (C=O) groups is 1. The van der Waals surface area contributed by atoms with Crippen LogP contribution in [-0.2, 0) is 21.5 Å². The second-order valence-corrected chi connectivity index (χ2v) is 5.45. The largest absolute Gasteiger partial charge is 0.464 e. The average Bonchev–Trinajstić information content (AvgIpc) is 3.29. The van der Waals surface area contributed by atoms with Crippen LogP contribution in [0.4, 0.5) is 0 Å². The molecule has 0 spiro atoms. The highest BCUT2D eigenvalue weighted by Crippen LogP contribution is 2.32. The molecule has 2 rings (SSSR count). The molecule has 20 heavy (non-hydrogen) atoms. The second-order valence-electron chi connectivity index (χ2n) is 5.45. The highest BCUT2D eigenvalue weighted by Gasteiger charge is 2.43. The fourth-order valence-corrected chi connectivity index (χ4v) is 2.57. The van der Waals surface area contributed by atoms with Crippen LogP contribution < -0.4 is 5.32 Å². The zero-order chi connectivity index (χ0) is 14.6. The molecule has 1 unspecified atom stereocenters. The molecule has 1 aliphatic carbocycles. The predicted molar refractivity (Wildman–Crippen MR) is 80.6 cm³/mol. The molecule has 1 fully saturated rings. The summed E-state index contributed by atoms with van der Waals surface area (Å²) in [6, 6.07) is 8.79. The van der Waals surface area contributed by atoms with Gasteiger partial charge in [0.1, 0.15) is 5.54 Å². The summed E-state index contributed by atoms with van der Waals surface area (Å²) >= 11 is 0. The first-order chi connectivity index (χ1) is 9.66. The van der Waals surface area contributed by atoms with E-state index in [2.05, 4.69) is 36.5 Å². The van der Waals surface area contributed by atoms with E-state index >= 15 is 0 Å². The summed E-state index contributed by atoms with van der Waals surface area (Å²) in [5, 5.41) is 3.52. The quantitative estimate of drug-likeness (QED) is 0.777. The Kier molecular flexibility index (Phi) is 4.81. The lowest BCUT2D eigenvalue weighted by Crippen LogP contribution is -2.50. The molecule has 0 amide bonds. The number of rotatable bonds is 7. The van der Waals surface area contributed by atoms with Crippen LogP contribution in [0.15, 0.2) is 24.3 Å². The molecule has 3 heteroatoms. The Bertz CT molecular complexity index is 451. The monoisotopic (exact) mass is 275 g/mol. The van der Waals surface area contributed by atoms with Crippen molar-refractivity contribution < 1.29 is 9.53 Å². The van der Waals surface area contributed by atoms with Gasteiger partial charge in [0, 0.05) is 6.04 Å². The van der Waals surface area contributed by atoms with Gasteiger partial charge in [0.15, 0.2) is 0 Å². The van der Waals surface area contributed by atoms with Crippen molar-refractivity contribution in [1.82, 2.24) is 5.32 Å². The number of hydrogen-bond acceptors (Lipinski definition) is 3. The van der Waals surface area contributed by atoms with Gasteiger partial charge in [-0.05, 0) is 43.7 Å². The SMILES string of the molecule is CCOC(=O)C(CC)(NC1CC1)c1ccc(CC)cc1. The van der Waals surface area contributed by atoms with Crippen LogP contribution in [0.1, 0.15) is 51.2 Å². The highest BCUT2D eigenvalue weighted by molar-refractivity contribution is 5.82. The zero-order valence-corrected chi connectivity index (χ0v) is 12.7. The lowest BCUT2D eigenvalue weighted by Gasteiger charge is -2.32. The third-order valence-electron chi connectivity index (χ3n) is 4.04. The molecule has 3 nitrogen and oxygen atoms in total. The first-order valence-electron chi connectivity index (χ1n) is 7.70. The maximum atomic E-state index is 12.5. The van der Waals surface area contributed by atoms with Crippen LogP contribution in [0.3, 0.4) is 0 Å². The predicted octanol–water partition coefficient (Wildman–Crippen LogP) is 3.17. The van der Waals surface area contributed by atoms with Gasteiger partial charge in [0.05, 0.1) is 6.61 Å². The van der Waals surface area contributed by atoms with Crippen LogP contribution in [0.25, 0.3) is 0 Å². The van der Waals surface area contributed by atoms with Gasteiger partial charge in [0.2, 0.25) is 0 Å². The normalized spacial score (nSPS) is 17.6. The van der Waals surface area contributed by atoms with E-state index in [1.54, 1.807) is 0 Å². The van der Waals surface area contributed by atoms with Crippen molar-refractivity contribution in [3.05, 3.63) is 35.4 Å². The summed E-state index contributed by atoms with van der Waals surface area (Å²) in [4.78, 5) is 12.5. The van der Waals surface area contributed by atoms with Crippen molar-refractivity contribution in [2.24, 2.45) is 0 Å². The number of hydrogen-bond donors (Lipinski definition) is 1. The van der Waals surface area contributed by atoms with E-state index in [9.17, 15) is 4.79 Å². The Morgan fingerprint density at radius 3 is 2.35 bits per heavy atom. The van der Waals surface area contributed by atoms with Crippen LogP contribution in [0.5, 0.6) is 0 Å². The Morgan fingerprint density at radius 1 is 1.25 bits per heavy atom. The first kappa shape index (κ1) is 15.0. The maximum absolute atomic E-state index is 12.5. The molecule has 0 saturated heterocycles. The Labute approximate surface area is 121 Å². The summed E-state index contributed by atoms with van der Waals surface area (Å²) in [6.07, 6.45) is 4.01. The molecule has 0 aliphatic heterocycles. The van der Waals surface area contributed by atoms with Crippen LogP contribution in [-0.4, -0.2) is 18.6 Å². The van der Waals surface area contributed by atoms with E-state index in [0.29, 0.717) is 19.1 Å². The van der Waals surface area contributed by atoms with Gasteiger partial charge >= 0.3 is 5.97 Å². The summed E-state index contributed by atoms with van der Waals surface area (Å²) in [5.41, 5.74) is 1.61. The van der Waals surface area contributed by atoms with Gasteiger partial charge in [-0.1, -0.05) is 38.1 Å². The second kappa shape index (κ2) is 6.40. The molecule has 1 saturated carbocycles. The van der Waals surface area contributed by atoms with E-state index in [0.717, 1.165) is 24.8 Å². The third-order valence-corrected chi connectivity index (χ3v) is 4.04. The molecule has 1 aliphatic rings. The van der Waals surface area contributed by atoms with Gasteiger partial charge < -0.3 is 4.74 Å². The molecule has 1 aromatic rings. The van der Waals surface area contributed by atoms with E-state index in [1.165, 1.54) is 5.56 Å². The Hall–Kier alpha value is -1.35. The first-order valence-corrected chi connectivity index (χ1v) is 7.70. The van der Waals surface area contributed by atoms with Crippen molar-refractivity contribution in [3.8, 4) is 0 Å². The number of esters is 1. The molecular formula is C17H25NO2. The van der Waals surface area contributed by atoms with Crippen molar-refractivity contribution in [3.63, 3.8) is 0 Å². The molecule has 0 heterocycles. The molecule has 110 valence electrons. The molecule has 1 N–H and O–H groups in total. The minimum Gasteiger partial charge on any atom is -0.464 e. The van der Waals surface area contributed by atoms with E-state index in [1.807, 2.05) is 13.8 Å². The minimum atomic E-state index is -0.691. The minimum absolute atomic E-state index is 0.154. The third kappa shape index (κ3) is 3.04. The summed E-state index contributed by atoms with van der Waals surface area (Å²) in [5.74, 6) is -0.154. The van der Waals surface area contributed by atoms with E-state index in [4.69, 9.17) is 4.74 Å². The number of ether oxygens (including phenoxy) is 1. The molecule has 0 aromatic heterocycles. The number of benzene rings is 1. The van der Waals surface area contributed by atoms with Gasteiger partial charge in [-0.15, -0.1) is 0 Å². The van der Waals surface area contributed by atoms with Gasteiger partial charge in [-0.25, -0.2) is 4.79 Å². The fraction of sp³-hybridized carbons (Fsp3) is 0.588. The Morgan fingerprint density at radius 2 is 1.90 bits per heavy atom. The summed E-state index contributed by atoms with van der Waals surface area (Å²) in [6.45, 7) is 6.45. The van der Waals surface area contributed by atoms with E-state index in [-0.39, 0.29) is 5.97 Å². The fourth-order valence-electron chi connectivity index (χ4n) is 2.57. The molecule has 1 aromatic carbocycles. The van der Waals surface area contributed by atoms with Gasteiger partial charge in [-0.2, -0.15) is 0 Å². The van der Waals surface area contributed by atoms with Crippen LogP contribution >= 0.6 is 0 Å². The van der Waals surface area contributed by atoms with Crippen molar-refractivity contribution in [2.75, 3.05) is 6.61 Å². The van der Waals surface area contributed by atoms with Crippen molar-refractivity contribution in [1.29, 1.82) is 0 Å². The standard InChI is InChI=1S/C17H25NO2/c1-4-13-7-9-14(10-8-13)17(5-2,16(19)20-6-3)18-15-11-12-15/h7-10,15,18H,4-6,11-12H2,1-3H3. The number of aryl methyl sites for hydroxylation is 1. The van der Waals surface area contributed by atoms with Crippen LogP contribution in [0, 0.1) is 0 Å². The van der Waals surface area contributed by atoms with Crippen molar-refractivity contribution in [2.45, 2.75) is 58.0 Å².